The number of aryl methyl sites for hydroxylation is 1. The van der Waals surface area contributed by atoms with Crippen LogP contribution < -0.4 is 0 Å². The summed E-state index contributed by atoms with van der Waals surface area (Å²) in [4.78, 5) is 12.3. The molecule has 1 atom stereocenters. The Morgan fingerprint density at radius 1 is 0.958 bits per heavy atom. The first-order valence-electron chi connectivity index (χ1n) is 8.67. The second-order valence-corrected chi connectivity index (χ2v) is 6.65. The van der Waals surface area contributed by atoms with Crippen LogP contribution in [-0.4, -0.2) is 5.78 Å². The van der Waals surface area contributed by atoms with Crippen molar-refractivity contribution in [1.29, 1.82) is 0 Å². The first-order chi connectivity index (χ1) is 11.6. The molecule has 1 nitrogen and oxygen atoms in total. The van der Waals surface area contributed by atoms with Crippen LogP contribution in [0.2, 0.25) is 0 Å². The number of carbonyl (C=O) groups excluding carboxylic acids is 1. The zero-order valence-electron chi connectivity index (χ0n) is 14.5. The molecule has 0 spiro atoms. The predicted octanol–water partition coefficient (Wildman–Crippen LogP) is 5.55. The largest absolute Gasteiger partial charge is 0.299 e. The van der Waals surface area contributed by atoms with Gasteiger partial charge in [0.15, 0.2) is 0 Å². The molecule has 1 aliphatic rings. The average molecular weight is 316 g/mol. The highest BCUT2D eigenvalue weighted by Crippen LogP contribution is 2.36. The summed E-state index contributed by atoms with van der Waals surface area (Å²) in [6, 6.07) is 18.8. The molecule has 0 fully saturated rings. The number of hydrogen-bond donors (Lipinski definition) is 0. The van der Waals surface area contributed by atoms with Crippen LogP contribution in [0.15, 0.2) is 72.3 Å². The van der Waals surface area contributed by atoms with Gasteiger partial charge in [-0.25, -0.2) is 0 Å². The zero-order valence-corrected chi connectivity index (χ0v) is 14.5. The standard InChI is InChI=1S/C23H24O/c1-17-8-10-19(11-9-17)16-22(24)14-12-20-13-15-23(18(20)2)21-6-4-3-5-7-21/h3-11,13,15,18H,12,14,16H2,1-2H3. The van der Waals surface area contributed by atoms with Gasteiger partial charge >= 0.3 is 0 Å². The van der Waals surface area contributed by atoms with Crippen LogP contribution in [0, 0.1) is 12.8 Å². The maximum atomic E-state index is 12.3. The Hall–Kier alpha value is -2.41. The third kappa shape index (κ3) is 3.91. The van der Waals surface area contributed by atoms with Crippen LogP contribution >= 0.6 is 0 Å². The van der Waals surface area contributed by atoms with E-state index in [1.54, 1.807) is 0 Å². The first-order valence-corrected chi connectivity index (χ1v) is 8.67. The molecule has 0 aliphatic heterocycles. The molecule has 0 saturated carbocycles. The summed E-state index contributed by atoms with van der Waals surface area (Å²) in [5, 5.41) is 0. The van der Waals surface area contributed by atoms with Crippen LogP contribution in [0.3, 0.4) is 0 Å². The van der Waals surface area contributed by atoms with Gasteiger partial charge in [0.25, 0.3) is 0 Å². The van der Waals surface area contributed by atoms with Gasteiger partial charge in [0.05, 0.1) is 0 Å². The molecule has 24 heavy (non-hydrogen) atoms. The van der Waals surface area contributed by atoms with E-state index in [0.29, 0.717) is 24.5 Å². The fourth-order valence-corrected chi connectivity index (χ4v) is 3.27. The molecular weight excluding hydrogens is 292 g/mol. The van der Waals surface area contributed by atoms with Crippen LogP contribution in [-0.2, 0) is 11.2 Å². The Bertz CT molecular complexity index is 763. The maximum absolute atomic E-state index is 12.3. The molecule has 3 rings (SSSR count). The molecule has 2 aromatic rings. The summed E-state index contributed by atoms with van der Waals surface area (Å²) in [5.41, 5.74) is 6.35. The van der Waals surface area contributed by atoms with Gasteiger partial charge in [0.1, 0.15) is 5.78 Å². The van der Waals surface area contributed by atoms with E-state index < -0.39 is 0 Å². The van der Waals surface area contributed by atoms with Crippen molar-refractivity contribution in [2.24, 2.45) is 5.92 Å². The normalized spacial score (nSPS) is 16.7. The van der Waals surface area contributed by atoms with Crippen molar-refractivity contribution in [2.75, 3.05) is 0 Å². The fraction of sp³-hybridized carbons (Fsp3) is 0.261. The zero-order chi connectivity index (χ0) is 16.9. The summed E-state index contributed by atoms with van der Waals surface area (Å²) < 4.78 is 0. The van der Waals surface area contributed by atoms with Gasteiger partial charge in [0, 0.05) is 18.8 Å². The summed E-state index contributed by atoms with van der Waals surface area (Å²) >= 11 is 0. The van der Waals surface area contributed by atoms with Gasteiger partial charge in [-0.1, -0.05) is 84.8 Å². The number of allylic oxidation sites excluding steroid dienone is 4. The van der Waals surface area contributed by atoms with Crippen LogP contribution in [0.25, 0.3) is 5.57 Å². The molecule has 0 aromatic heterocycles. The van der Waals surface area contributed by atoms with E-state index in [4.69, 9.17) is 0 Å². The number of carbonyl (C=O) groups is 1. The Kier molecular flexibility index (Phi) is 5.10. The topological polar surface area (TPSA) is 17.1 Å². The molecule has 2 aromatic carbocycles. The highest BCUT2D eigenvalue weighted by molar-refractivity contribution is 5.81. The Balaban J connectivity index is 1.52. The van der Waals surface area contributed by atoms with E-state index in [-0.39, 0.29) is 0 Å². The molecule has 0 N–H and O–H groups in total. The first kappa shape index (κ1) is 16.4. The Morgan fingerprint density at radius 3 is 2.38 bits per heavy atom. The van der Waals surface area contributed by atoms with E-state index in [2.05, 4.69) is 74.5 Å². The summed E-state index contributed by atoms with van der Waals surface area (Å²) in [6.07, 6.45) is 6.44. The number of ketones is 1. The van der Waals surface area contributed by atoms with E-state index in [1.165, 1.54) is 22.3 Å². The molecular formula is C23H24O. The lowest BCUT2D eigenvalue weighted by Gasteiger charge is -2.15. The average Bonchev–Trinajstić information content (AvgIpc) is 2.97. The minimum absolute atomic E-state index is 0.320. The Labute approximate surface area is 144 Å². The maximum Gasteiger partial charge on any atom is 0.137 e. The van der Waals surface area contributed by atoms with Crippen molar-refractivity contribution in [3.05, 3.63) is 89.0 Å². The molecule has 1 unspecified atom stereocenters. The molecule has 122 valence electrons. The third-order valence-corrected chi connectivity index (χ3v) is 4.82. The van der Waals surface area contributed by atoms with E-state index in [1.807, 2.05) is 6.07 Å². The lowest BCUT2D eigenvalue weighted by atomic mass is 9.89. The molecule has 0 heterocycles. The molecule has 0 bridgehead atoms. The van der Waals surface area contributed by atoms with Gasteiger partial charge in [0.2, 0.25) is 0 Å². The second kappa shape index (κ2) is 7.44. The van der Waals surface area contributed by atoms with Crippen molar-refractivity contribution in [2.45, 2.75) is 33.1 Å². The minimum Gasteiger partial charge on any atom is -0.299 e. The fourth-order valence-electron chi connectivity index (χ4n) is 3.27. The van der Waals surface area contributed by atoms with Crippen LogP contribution in [0.5, 0.6) is 0 Å². The van der Waals surface area contributed by atoms with Gasteiger partial charge < -0.3 is 0 Å². The summed E-state index contributed by atoms with van der Waals surface area (Å²) in [6.45, 7) is 4.30. The quantitative estimate of drug-likeness (QED) is 0.683. The molecule has 0 radical (unpaired) electrons. The van der Waals surface area contributed by atoms with Gasteiger partial charge in [-0.2, -0.15) is 0 Å². The summed E-state index contributed by atoms with van der Waals surface area (Å²) in [7, 11) is 0. The predicted molar refractivity (Wildman–Crippen MR) is 101 cm³/mol. The molecule has 0 amide bonds. The van der Waals surface area contributed by atoms with Crippen molar-refractivity contribution in [3.8, 4) is 0 Å². The van der Waals surface area contributed by atoms with Gasteiger partial charge in [-0.15, -0.1) is 0 Å². The van der Waals surface area contributed by atoms with Crippen LogP contribution in [0.1, 0.15) is 36.5 Å². The lowest BCUT2D eigenvalue weighted by Crippen LogP contribution is -2.05. The molecule has 0 saturated heterocycles. The van der Waals surface area contributed by atoms with Crippen molar-refractivity contribution >= 4 is 11.4 Å². The molecule has 1 heteroatoms. The van der Waals surface area contributed by atoms with E-state index >= 15 is 0 Å². The molecule has 1 aliphatic carbocycles. The second-order valence-electron chi connectivity index (χ2n) is 6.65. The third-order valence-electron chi connectivity index (χ3n) is 4.82. The minimum atomic E-state index is 0.320. The number of benzene rings is 2. The SMILES string of the molecule is Cc1ccc(CC(=O)CCC2=CC=C(c3ccccc3)C2C)cc1. The van der Waals surface area contributed by atoms with Gasteiger partial charge in [-0.05, 0) is 30.0 Å². The smallest absolute Gasteiger partial charge is 0.137 e. The monoisotopic (exact) mass is 316 g/mol. The highest BCUT2D eigenvalue weighted by Gasteiger charge is 2.20. The summed E-state index contributed by atoms with van der Waals surface area (Å²) in [5.74, 6) is 0.722. The van der Waals surface area contributed by atoms with Crippen LogP contribution in [0.4, 0.5) is 0 Å². The number of rotatable bonds is 6. The van der Waals surface area contributed by atoms with Crippen molar-refractivity contribution in [3.63, 3.8) is 0 Å². The van der Waals surface area contributed by atoms with E-state index in [0.717, 1.165) is 12.0 Å². The Morgan fingerprint density at radius 2 is 1.67 bits per heavy atom. The van der Waals surface area contributed by atoms with Crippen molar-refractivity contribution < 1.29 is 4.79 Å². The van der Waals surface area contributed by atoms with Crippen molar-refractivity contribution in [1.82, 2.24) is 0 Å². The number of Topliss-reactive ketones (excluding diaryl/α,β-unsaturated/α-hetero) is 1. The highest BCUT2D eigenvalue weighted by atomic mass is 16.1. The lowest BCUT2D eigenvalue weighted by molar-refractivity contribution is -0.118. The van der Waals surface area contributed by atoms with E-state index in [9.17, 15) is 4.79 Å². The number of hydrogen-bond acceptors (Lipinski definition) is 1. The van der Waals surface area contributed by atoms with Gasteiger partial charge in [-0.3, -0.25) is 4.79 Å².